The van der Waals surface area contributed by atoms with Gasteiger partial charge in [0.1, 0.15) is 0 Å². The van der Waals surface area contributed by atoms with E-state index >= 15 is 0 Å². The molecule has 0 N–H and O–H groups in total. The Hall–Kier alpha value is -0.870. The summed E-state index contributed by atoms with van der Waals surface area (Å²) in [5.74, 6) is 0.0680. The van der Waals surface area contributed by atoms with Crippen LogP contribution in [0, 0.1) is 0 Å². The molecule has 1 aliphatic rings. The Bertz CT molecular complexity index is 418. The molecule has 0 radical (unpaired) electrons. The normalized spacial score (nSPS) is 23.1. The summed E-state index contributed by atoms with van der Waals surface area (Å²) in [5, 5.41) is 0.810. The molecule has 4 heteroatoms. The number of carbonyl (C=O) groups is 1. The molecule has 2 rings (SSSR count). The van der Waals surface area contributed by atoms with Gasteiger partial charge < -0.3 is 9.64 Å². The fourth-order valence-electron chi connectivity index (χ4n) is 2.32. The van der Waals surface area contributed by atoms with E-state index in [1.165, 1.54) is 5.56 Å². The maximum absolute atomic E-state index is 12.3. The highest BCUT2D eigenvalue weighted by Crippen LogP contribution is 2.20. The summed E-state index contributed by atoms with van der Waals surface area (Å²) in [5.41, 5.74) is 1.91. The summed E-state index contributed by atoms with van der Waals surface area (Å²) in [6, 6.07) is 7.91. The van der Waals surface area contributed by atoms with Crippen LogP contribution in [0.1, 0.15) is 29.3 Å². The van der Waals surface area contributed by atoms with Crippen molar-refractivity contribution in [3.05, 3.63) is 35.4 Å². The van der Waals surface area contributed by atoms with E-state index in [2.05, 4.69) is 15.9 Å². The third-order valence-electron chi connectivity index (χ3n) is 3.51. The topological polar surface area (TPSA) is 29.5 Å². The summed E-state index contributed by atoms with van der Waals surface area (Å²) in [6.07, 6.45) is 1.05. The van der Waals surface area contributed by atoms with Gasteiger partial charge in [0, 0.05) is 24.5 Å². The number of amides is 1. The first-order chi connectivity index (χ1) is 8.63. The highest BCUT2D eigenvalue weighted by atomic mass is 79.9. The minimum absolute atomic E-state index is 0.0680. The number of hydrogen-bond acceptors (Lipinski definition) is 2. The lowest BCUT2D eigenvalue weighted by Gasteiger charge is -2.26. The van der Waals surface area contributed by atoms with E-state index < -0.39 is 0 Å². The van der Waals surface area contributed by atoms with Gasteiger partial charge in [0.05, 0.1) is 12.1 Å². The van der Waals surface area contributed by atoms with Crippen LogP contribution in [0.4, 0.5) is 0 Å². The van der Waals surface area contributed by atoms with E-state index in [1.54, 1.807) is 4.90 Å². The van der Waals surface area contributed by atoms with E-state index in [-0.39, 0.29) is 18.1 Å². The second-order valence-corrected chi connectivity index (χ2v) is 5.24. The van der Waals surface area contributed by atoms with E-state index in [0.29, 0.717) is 0 Å². The van der Waals surface area contributed by atoms with Gasteiger partial charge in [0.2, 0.25) is 0 Å². The fraction of sp³-hybridized carbons (Fsp3) is 0.500. The van der Waals surface area contributed by atoms with Gasteiger partial charge in [0.25, 0.3) is 5.91 Å². The quantitative estimate of drug-likeness (QED) is 0.803. The molecule has 0 aromatic heterocycles. The van der Waals surface area contributed by atoms with Crippen LogP contribution in [0.15, 0.2) is 24.3 Å². The highest BCUT2D eigenvalue weighted by Gasteiger charge is 2.30. The van der Waals surface area contributed by atoms with Gasteiger partial charge in [-0.2, -0.15) is 0 Å². The average molecular weight is 312 g/mol. The minimum atomic E-state index is 0.0680. The summed E-state index contributed by atoms with van der Waals surface area (Å²) in [4.78, 5) is 14.1. The third kappa shape index (κ3) is 2.75. The van der Waals surface area contributed by atoms with Gasteiger partial charge in [-0.15, -0.1) is 0 Å². The van der Waals surface area contributed by atoms with Crippen molar-refractivity contribution < 1.29 is 9.53 Å². The molecule has 1 heterocycles. The fourth-order valence-corrected chi connectivity index (χ4v) is 2.69. The van der Waals surface area contributed by atoms with Crippen molar-refractivity contribution in [3.8, 4) is 0 Å². The van der Waals surface area contributed by atoms with E-state index in [0.717, 1.165) is 23.9 Å². The number of ether oxygens (including phenoxy) is 1. The largest absolute Gasteiger partial charge is 0.376 e. The summed E-state index contributed by atoms with van der Waals surface area (Å²) in [7, 11) is 1.86. The van der Waals surface area contributed by atoms with Crippen molar-refractivity contribution in [2.75, 3.05) is 13.7 Å². The van der Waals surface area contributed by atoms with Crippen LogP contribution < -0.4 is 0 Å². The zero-order chi connectivity index (χ0) is 13.1. The molecule has 1 aromatic rings. The lowest BCUT2D eigenvalue weighted by molar-refractivity contribution is 0.0574. The summed E-state index contributed by atoms with van der Waals surface area (Å²) < 4.78 is 5.51. The van der Waals surface area contributed by atoms with Crippen LogP contribution in [0.25, 0.3) is 0 Å². The molecule has 3 nitrogen and oxygen atoms in total. The molecular formula is C14H18BrNO2. The van der Waals surface area contributed by atoms with Crippen LogP contribution in [-0.4, -0.2) is 36.6 Å². The molecule has 2 atom stereocenters. The van der Waals surface area contributed by atoms with Crippen LogP contribution >= 0.6 is 15.9 Å². The molecule has 1 amide bonds. The van der Waals surface area contributed by atoms with Gasteiger partial charge in [-0.3, -0.25) is 4.79 Å². The number of rotatable bonds is 3. The van der Waals surface area contributed by atoms with Crippen molar-refractivity contribution in [2.24, 2.45) is 0 Å². The molecule has 1 fully saturated rings. The number of likely N-dealkylation sites (N-methyl/N-ethyl adjacent to an activating group) is 1. The molecule has 0 bridgehead atoms. The zero-order valence-corrected chi connectivity index (χ0v) is 12.3. The van der Waals surface area contributed by atoms with Crippen molar-refractivity contribution in [1.29, 1.82) is 0 Å². The van der Waals surface area contributed by atoms with Crippen LogP contribution in [0.2, 0.25) is 0 Å². The highest BCUT2D eigenvalue weighted by molar-refractivity contribution is 9.08. The second-order valence-electron chi connectivity index (χ2n) is 4.68. The molecule has 0 spiro atoms. The molecule has 98 valence electrons. The monoisotopic (exact) mass is 311 g/mol. The number of alkyl halides is 1. The van der Waals surface area contributed by atoms with Gasteiger partial charge in [-0.25, -0.2) is 0 Å². The van der Waals surface area contributed by atoms with Crippen molar-refractivity contribution in [3.63, 3.8) is 0 Å². The molecule has 0 aliphatic carbocycles. The summed E-state index contributed by atoms with van der Waals surface area (Å²) >= 11 is 3.40. The maximum atomic E-state index is 12.3. The second kappa shape index (κ2) is 5.85. The molecule has 1 saturated heterocycles. The first-order valence-corrected chi connectivity index (χ1v) is 7.29. The number of halogens is 1. The lowest BCUT2D eigenvalue weighted by Crippen LogP contribution is -2.40. The Kier molecular flexibility index (Phi) is 4.40. The smallest absolute Gasteiger partial charge is 0.253 e. The van der Waals surface area contributed by atoms with Crippen molar-refractivity contribution in [2.45, 2.75) is 30.8 Å². The molecule has 2 unspecified atom stereocenters. The molecule has 18 heavy (non-hydrogen) atoms. The van der Waals surface area contributed by atoms with Crippen LogP contribution in [0.3, 0.4) is 0 Å². The Morgan fingerprint density at radius 2 is 2.11 bits per heavy atom. The minimum Gasteiger partial charge on any atom is -0.376 e. The van der Waals surface area contributed by atoms with Crippen LogP contribution in [-0.2, 0) is 10.1 Å². The first kappa shape index (κ1) is 13.6. The number of benzene rings is 1. The first-order valence-electron chi connectivity index (χ1n) is 6.17. The van der Waals surface area contributed by atoms with Gasteiger partial charge >= 0.3 is 0 Å². The van der Waals surface area contributed by atoms with E-state index in [1.807, 2.05) is 38.2 Å². The predicted molar refractivity (Wildman–Crippen MR) is 75.0 cm³/mol. The SMILES string of the molecule is CC1OCCC1N(C)C(=O)c1ccc(CBr)cc1. The predicted octanol–water partition coefficient (Wildman–Crippen LogP) is 2.83. The number of hydrogen-bond donors (Lipinski definition) is 0. The Morgan fingerprint density at radius 1 is 1.44 bits per heavy atom. The van der Waals surface area contributed by atoms with E-state index in [4.69, 9.17) is 4.74 Å². The van der Waals surface area contributed by atoms with Crippen molar-refractivity contribution >= 4 is 21.8 Å². The van der Waals surface area contributed by atoms with Crippen LogP contribution in [0.5, 0.6) is 0 Å². The average Bonchev–Trinajstić information content (AvgIpc) is 2.83. The standard InChI is InChI=1S/C14H18BrNO2/c1-10-13(7-8-18-10)16(2)14(17)12-5-3-11(9-15)4-6-12/h3-6,10,13H,7-9H2,1-2H3. The summed E-state index contributed by atoms with van der Waals surface area (Å²) in [6.45, 7) is 2.77. The van der Waals surface area contributed by atoms with E-state index in [9.17, 15) is 4.79 Å². The van der Waals surface area contributed by atoms with Crippen molar-refractivity contribution in [1.82, 2.24) is 4.90 Å². The third-order valence-corrected chi connectivity index (χ3v) is 4.16. The number of carbonyl (C=O) groups excluding carboxylic acids is 1. The van der Waals surface area contributed by atoms with Gasteiger partial charge in [-0.1, -0.05) is 28.1 Å². The van der Waals surface area contributed by atoms with Gasteiger partial charge in [-0.05, 0) is 31.0 Å². The lowest BCUT2D eigenvalue weighted by atomic mass is 10.1. The molecular weight excluding hydrogens is 294 g/mol. The molecule has 1 aromatic carbocycles. The van der Waals surface area contributed by atoms with Gasteiger partial charge in [0.15, 0.2) is 0 Å². The Balaban J connectivity index is 2.09. The Labute approximate surface area is 116 Å². The Morgan fingerprint density at radius 3 is 2.61 bits per heavy atom. The maximum Gasteiger partial charge on any atom is 0.253 e. The molecule has 1 aliphatic heterocycles. The zero-order valence-electron chi connectivity index (χ0n) is 10.7. The number of nitrogens with zero attached hydrogens (tertiary/aromatic N) is 1. The molecule has 0 saturated carbocycles.